The molecule has 1 aromatic carbocycles. The minimum atomic E-state index is -1.06. The molecule has 1 aromatic heterocycles. The Kier molecular flexibility index (Phi) is 6.44. The number of quaternary nitrogens is 1. The van der Waals surface area contributed by atoms with Gasteiger partial charge in [0.15, 0.2) is 11.7 Å². The highest BCUT2D eigenvalue weighted by molar-refractivity contribution is 5.85. The number of ether oxygens (including phenoxy) is 1. The van der Waals surface area contributed by atoms with E-state index in [4.69, 9.17) is 14.7 Å². The molecule has 4 rings (SSSR count). The molecule has 1 atom stereocenters. The Hall–Kier alpha value is -2.72. The molecule has 1 aliphatic heterocycles. The van der Waals surface area contributed by atoms with Crippen LogP contribution in [0.5, 0.6) is 0 Å². The summed E-state index contributed by atoms with van der Waals surface area (Å²) in [4.78, 5) is 26.3. The average Bonchev–Trinajstić information content (AvgIpc) is 2.80. The number of para-hydroxylation sites is 2. The number of piperazine rings is 1. The van der Waals surface area contributed by atoms with Crippen molar-refractivity contribution in [2.75, 3.05) is 37.6 Å². The maximum Gasteiger partial charge on any atom is 0.329 e. The number of benzene rings is 1. The van der Waals surface area contributed by atoms with Gasteiger partial charge in [-0.3, -0.25) is 4.79 Å². The lowest BCUT2D eigenvalue weighted by atomic mass is 9.97. The highest BCUT2D eigenvalue weighted by atomic mass is 16.5. The van der Waals surface area contributed by atoms with E-state index < -0.39 is 11.9 Å². The lowest BCUT2D eigenvalue weighted by molar-refractivity contribution is -0.898. The number of esters is 1. The lowest BCUT2D eigenvalue weighted by Gasteiger charge is -2.33. The summed E-state index contributed by atoms with van der Waals surface area (Å²) in [5.74, 6) is -0.903. The third kappa shape index (κ3) is 4.39. The van der Waals surface area contributed by atoms with Crippen LogP contribution in [-0.4, -0.2) is 54.8 Å². The molecule has 0 spiro atoms. The lowest BCUT2D eigenvalue weighted by Crippen LogP contribution is -3.14. The number of hydrogen-bond donors (Lipinski definition) is 1. The van der Waals surface area contributed by atoms with Gasteiger partial charge in [-0.1, -0.05) is 18.6 Å². The van der Waals surface area contributed by atoms with Crippen LogP contribution in [0.4, 0.5) is 5.82 Å². The van der Waals surface area contributed by atoms with Crippen molar-refractivity contribution >= 4 is 22.8 Å². The van der Waals surface area contributed by atoms with E-state index in [-0.39, 0.29) is 6.10 Å². The number of nitriles is 1. The number of carbonyl (C=O) groups excluding carboxylic acids is 1. The van der Waals surface area contributed by atoms with Gasteiger partial charge in [0.1, 0.15) is 11.8 Å². The zero-order chi connectivity index (χ0) is 20.9. The van der Waals surface area contributed by atoms with Gasteiger partial charge in [-0.25, -0.2) is 9.97 Å². The van der Waals surface area contributed by atoms with Gasteiger partial charge in [0.2, 0.25) is 0 Å². The molecule has 1 aliphatic carbocycles. The number of nitrogens with one attached hydrogen (secondary N) is 1. The van der Waals surface area contributed by atoms with Crippen LogP contribution in [0.15, 0.2) is 24.3 Å². The van der Waals surface area contributed by atoms with Crippen LogP contribution in [0.2, 0.25) is 0 Å². The van der Waals surface area contributed by atoms with E-state index in [1.165, 1.54) is 6.42 Å². The Morgan fingerprint density at radius 2 is 1.87 bits per heavy atom. The highest BCUT2D eigenvalue weighted by Gasteiger charge is 2.33. The quantitative estimate of drug-likeness (QED) is 0.760. The van der Waals surface area contributed by atoms with Crippen LogP contribution in [0.25, 0.3) is 11.0 Å². The number of likely N-dealkylation sites (N-methyl/N-ethyl adjacent to an activating group) is 1. The third-order valence-electron chi connectivity index (χ3n) is 6.32. The molecule has 0 amide bonds. The first kappa shape index (κ1) is 20.5. The number of carbonyl (C=O) groups is 1. The van der Waals surface area contributed by atoms with Gasteiger partial charge >= 0.3 is 5.97 Å². The number of hydrogen-bond acceptors (Lipinski definition) is 6. The van der Waals surface area contributed by atoms with E-state index in [0.717, 1.165) is 63.9 Å². The topological polar surface area (TPSA) is 83.5 Å². The number of aromatic nitrogens is 2. The van der Waals surface area contributed by atoms with Gasteiger partial charge in [-0.15, -0.1) is 0 Å². The van der Waals surface area contributed by atoms with Crippen molar-refractivity contribution in [2.24, 2.45) is 0 Å². The Labute approximate surface area is 177 Å². The monoisotopic (exact) mass is 408 g/mol. The molecule has 7 nitrogen and oxygen atoms in total. The molecule has 1 saturated carbocycles. The molecule has 2 aromatic rings. The van der Waals surface area contributed by atoms with E-state index in [1.54, 1.807) is 4.90 Å². The minimum Gasteiger partial charge on any atom is -0.461 e. The van der Waals surface area contributed by atoms with E-state index in [9.17, 15) is 10.1 Å². The van der Waals surface area contributed by atoms with E-state index >= 15 is 0 Å². The first-order chi connectivity index (χ1) is 14.7. The van der Waals surface area contributed by atoms with Crippen molar-refractivity contribution in [3.05, 3.63) is 30.0 Å². The molecule has 1 N–H and O–H groups in total. The first-order valence-corrected chi connectivity index (χ1v) is 11.1. The van der Waals surface area contributed by atoms with Crippen LogP contribution < -0.4 is 9.80 Å². The standard InChI is InChI=1S/C23H29N5O2/c1-2-27-12-14-28(15-13-27)22-21(25-19-10-6-7-11-20(19)26-22)18(16-24)23(29)30-17-8-4-3-5-9-17/h6-7,10-11,17-18H,2-5,8-9,12-15H2,1H3/p+1/t18-/m1/s1. The molecule has 2 aliphatic rings. The highest BCUT2D eigenvalue weighted by Crippen LogP contribution is 2.29. The molecule has 0 unspecified atom stereocenters. The minimum absolute atomic E-state index is 0.0873. The van der Waals surface area contributed by atoms with Crippen molar-refractivity contribution in [1.29, 1.82) is 5.26 Å². The maximum atomic E-state index is 13.0. The second-order valence-electron chi connectivity index (χ2n) is 8.27. The Bertz CT molecular complexity index is 927. The number of anilines is 1. The van der Waals surface area contributed by atoms with E-state index in [2.05, 4.69) is 17.9 Å². The predicted molar refractivity (Wildman–Crippen MR) is 114 cm³/mol. The average molecular weight is 409 g/mol. The van der Waals surface area contributed by atoms with Crippen molar-refractivity contribution < 1.29 is 14.4 Å². The third-order valence-corrected chi connectivity index (χ3v) is 6.32. The van der Waals surface area contributed by atoms with Crippen LogP contribution in [0.3, 0.4) is 0 Å². The smallest absolute Gasteiger partial charge is 0.329 e. The summed E-state index contributed by atoms with van der Waals surface area (Å²) in [7, 11) is 0. The molecule has 2 heterocycles. The van der Waals surface area contributed by atoms with Gasteiger partial charge in [0.05, 0.1) is 49.8 Å². The first-order valence-electron chi connectivity index (χ1n) is 11.1. The molecule has 30 heavy (non-hydrogen) atoms. The SMILES string of the molecule is CC[NH+]1CCN(c2nc3ccccc3nc2[C@@H](C#N)C(=O)OC2CCCCC2)CC1. The molecule has 0 radical (unpaired) electrons. The van der Waals surface area contributed by atoms with Crippen LogP contribution in [0, 0.1) is 11.3 Å². The van der Waals surface area contributed by atoms with Gasteiger partial charge < -0.3 is 14.5 Å². The fourth-order valence-electron chi connectivity index (χ4n) is 4.46. The van der Waals surface area contributed by atoms with Gasteiger partial charge in [0, 0.05) is 0 Å². The number of rotatable bonds is 5. The van der Waals surface area contributed by atoms with Gasteiger partial charge in [0.25, 0.3) is 0 Å². The fraction of sp³-hybridized carbons (Fsp3) is 0.565. The summed E-state index contributed by atoms with van der Waals surface area (Å²) in [6, 6.07) is 9.78. The Balaban J connectivity index is 1.66. The largest absolute Gasteiger partial charge is 0.461 e. The molecule has 0 bridgehead atoms. The van der Waals surface area contributed by atoms with Gasteiger partial charge in [-0.05, 0) is 44.7 Å². The van der Waals surface area contributed by atoms with E-state index in [0.29, 0.717) is 17.0 Å². The Morgan fingerprint density at radius 3 is 2.50 bits per heavy atom. The fourth-order valence-corrected chi connectivity index (χ4v) is 4.46. The summed E-state index contributed by atoms with van der Waals surface area (Å²) in [6.07, 6.45) is 4.99. The van der Waals surface area contributed by atoms with Crippen LogP contribution in [-0.2, 0) is 9.53 Å². The van der Waals surface area contributed by atoms with Crippen LogP contribution in [0.1, 0.15) is 50.6 Å². The van der Waals surface area contributed by atoms with Crippen molar-refractivity contribution in [3.8, 4) is 6.07 Å². The summed E-state index contributed by atoms with van der Waals surface area (Å²) in [6.45, 7) is 6.97. The normalized spacial score (nSPS) is 19.4. The molecular formula is C23H30N5O2+. The zero-order valence-electron chi connectivity index (χ0n) is 17.6. The molecule has 7 heteroatoms. The second kappa shape index (κ2) is 9.40. The molecule has 1 saturated heterocycles. The predicted octanol–water partition coefficient (Wildman–Crippen LogP) is 1.84. The Morgan fingerprint density at radius 1 is 1.20 bits per heavy atom. The number of fused-ring (bicyclic) bond motifs is 1. The van der Waals surface area contributed by atoms with Crippen molar-refractivity contribution in [1.82, 2.24) is 9.97 Å². The molecule has 158 valence electrons. The number of nitrogens with zero attached hydrogens (tertiary/aromatic N) is 4. The molecular weight excluding hydrogens is 378 g/mol. The summed E-state index contributed by atoms with van der Waals surface area (Å²) in [5, 5.41) is 9.91. The summed E-state index contributed by atoms with van der Waals surface area (Å²) < 4.78 is 5.74. The van der Waals surface area contributed by atoms with Gasteiger partial charge in [-0.2, -0.15) is 5.26 Å². The van der Waals surface area contributed by atoms with Crippen LogP contribution >= 0.6 is 0 Å². The van der Waals surface area contributed by atoms with E-state index in [1.807, 2.05) is 24.3 Å². The molecule has 2 fully saturated rings. The maximum absolute atomic E-state index is 13.0. The van der Waals surface area contributed by atoms with Crippen molar-refractivity contribution in [2.45, 2.75) is 51.0 Å². The second-order valence-corrected chi connectivity index (χ2v) is 8.27. The zero-order valence-corrected chi connectivity index (χ0v) is 17.6. The van der Waals surface area contributed by atoms with Crippen molar-refractivity contribution in [3.63, 3.8) is 0 Å². The summed E-state index contributed by atoms with van der Waals surface area (Å²) in [5.41, 5.74) is 1.90. The summed E-state index contributed by atoms with van der Waals surface area (Å²) >= 11 is 0.